The zero-order valence-corrected chi connectivity index (χ0v) is 30.5. The van der Waals surface area contributed by atoms with Crippen LogP contribution in [-0.4, -0.2) is 0 Å². The van der Waals surface area contributed by atoms with Crippen LogP contribution in [0.2, 0.25) is 0 Å². The summed E-state index contributed by atoms with van der Waals surface area (Å²) in [6, 6.07) is 46.7. The summed E-state index contributed by atoms with van der Waals surface area (Å²) in [5, 5.41) is 20.7. The number of allylic oxidation sites excluding steroid dienone is 4. The van der Waals surface area contributed by atoms with Crippen LogP contribution in [0.3, 0.4) is 0 Å². The van der Waals surface area contributed by atoms with Crippen molar-refractivity contribution in [1.82, 2.24) is 0 Å². The summed E-state index contributed by atoms with van der Waals surface area (Å²) in [6.07, 6.45) is 11.4. The van der Waals surface area contributed by atoms with Crippen molar-refractivity contribution in [2.45, 2.75) is 25.7 Å². The van der Waals surface area contributed by atoms with Crippen molar-refractivity contribution in [1.29, 1.82) is 0 Å². The molecule has 0 aliphatic carbocycles. The van der Waals surface area contributed by atoms with Crippen LogP contribution >= 0.6 is 0 Å². The van der Waals surface area contributed by atoms with Crippen molar-refractivity contribution in [3.05, 3.63) is 194 Å². The molecule has 0 heteroatoms. The highest BCUT2D eigenvalue weighted by Crippen LogP contribution is 2.52. The molecule has 256 valence electrons. The standard InChI is InChI=1S/C54H40/c1-5-12-33-20-23-41-37(26-33)31-38-27-34(13-6-2)21-24-42(38)50(41)51-44-16-9-10-17-45(44)54-52-46(18-11-19-47(51)52)48-30-36(15-8-4)29-40-32-39-28-35(14-7-3)22-25-43(39)53(54)49(40)48/h5-11,16-32H,1-4,12-15H2. The van der Waals surface area contributed by atoms with Gasteiger partial charge in [-0.25, -0.2) is 0 Å². The Bertz CT molecular complexity index is 3160. The Morgan fingerprint density at radius 3 is 1.37 bits per heavy atom. The molecule has 0 saturated carbocycles. The Morgan fingerprint density at radius 1 is 0.296 bits per heavy atom. The maximum Gasteiger partial charge on any atom is -0.000741 e. The summed E-state index contributed by atoms with van der Waals surface area (Å²) in [7, 11) is 0. The number of hydrogen-bond acceptors (Lipinski definition) is 0. The monoisotopic (exact) mass is 688 g/mol. The third-order valence-corrected chi connectivity index (χ3v) is 11.6. The molecular formula is C54H40. The summed E-state index contributed by atoms with van der Waals surface area (Å²) < 4.78 is 0. The van der Waals surface area contributed by atoms with E-state index in [1.165, 1.54) is 120 Å². The van der Waals surface area contributed by atoms with Gasteiger partial charge in [0.25, 0.3) is 0 Å². The fourth-order valence-corrected chi connectivity index (χ4v) is 9.50. The molecule has 0 bridgehead atoms. The van der Waals surface area contributed by atoms with Crippen molar-refractivity contribution in [2.75, 3.05) is 0 Å². The molecule has 0 heterocycles. The molecule has 0 amide bonds. The smallest absolute Gasteiger partial charge is 0.000741 e. The van der Waals surface area contributed by atoms with Gasteiger partial charge in [0.05, 0.1) is 0 Å². The molecule has 0 unspecified atom stereocenters. The molecule has 0 N–H and O–H groups in total. The molecule has 10 rings (SSSR count). The van der Waals surface area contributed by atoms with Crippen LogP contribution in [0.4, 0.5) is 0 Å². The summed E-state index contributed by atoms with van der Waals surface area (Å²) in [4.78, 5) is 0. The third-order valence-electron chi connectivity index (χ3n) is 11.6. The Balaban J connectivity index is 1.46. The van der Waals surface area contributed by atoms with Gasteiger partial charge < -0.3 is 0 Å². The van der Waals surface area contributed by atoms with E-state index >= 15 is 0 Å². The molecule has 0 saturated heterocycles. The van der Waals surface area contributed by atoms with E-state index in [4.69, 9.17) is 0 Å². The number of rotatable bonds is 9. The van der Waals surface area contributed by atoms with Gasteiger partial charge in [0, 0.05) is 0 Å². The van der Waals surface area contributed by atoms with E-state index in [9.17, 15) is 0 Å². The average molecular weight is 689 g/mol. The van der Waals surface area contributed by atoms with Crippen LogP contribution in [0.25, 0.3) is 97.3 Å². The van der Waals surface area contributed by atoms with Crippen molar-refractivity contribution >= 4 is 86.2 Å². The molecule has 0 spiro atoms. The summed E-state index contributed by atoms with van der Waals surface area (Å²) in [5.74, 6) is 0. The topological polar surface area (TPSA) is 0 Å². The second kappa shape index (κ2) is 12.6. The highest BCUT2D eigenvalue weighted by Gasteiger charge is 2.24. The van der Waals surface area contributed by atoms with Crippen LogP contribution in [0.15, 0.2) is 172 Å². The molecule has 0 fully saturated rings. The van der Waals surface area contributed by atoms with Crippen LogP contribution in [0.5, 0.6) is 0 Å². The van der Waals surface area contributed by atoms with Crippen LogP contribution in [0, 0.1) is 0 Å². The van der Waals surface area contributed by atoms with Crippen molar-refractivity contribution in [3.63, 3.8) is 0 Å². The fourth-order valence-electron chi connectivity index (χ4n) is 9.50. The van der Waals surface area contributed by atoms with Gasteiger partial charge in [-0.15, -0.1) is 26.3 Å². The number of fused-ring (bicyclic) bond motifs is 8. The minimum absolute atomic E-state index is 0.822. The third kappa shape index (κ3) is 4.77. The van der Waals surface area contributed by atoms with E-state index in [0.717, 1.165) is 25.7 Å². The molecule has 0 aliphatic heterocycles. The minimum Gasteiger partial charge on any atom is -0.103 e. The first kappa shape index (κ1) is 32.2. The van der Waals surface area contributed by atoms with E-state index in [2.05, 4.69) is 148 Å². The lowest BCUT2D eigenvalue weighted by Crippen LogP contribution is -1.96. The molecule has 0 aromatic heterocycles. The van der Waals surface area contributed by atoms with E-state index in [-0.39, 0.29) is 0 Å². The van der Waals surface area contributed by atoms with Gasteiger partial charge in [-0.1, -0.05) is 133 Å². The molecule has 54 heavy (non-hydrogen) atoms. The van der Waals surface area contributed by atoms with Crippen molar-refractivity contribution in [2.24, 2.45) is 0 Å². The number of benzene rings is 10. The van der Waals surface area contributed by atoms with Gasteiger partial charge in [0.2, 0.25) is 0 Å². The van der Waals surface area contributed by atoms with E-state index in [1.54, 1.807) is 0 Å². The largest absolute Gasteiger partial charge is 0.103 e. The van der Waals surface area contributed by atoms with E-state index in [0.29, 0.717) is 0 Å². The normalized spacial score (nSPS) is 11.9. The summed E-state index contributed by atoms with van der Waals surface area (Å²) in [5.41, 5.74) is 7.70. The van der Waals surface area contributed by atoms with Crippen LogP contribution in [0.1, 0.15) is 22.3 Å². The van der Waals surface area contributed by atoms with E-state index in [1.807, 2.05) is 24.3 Å². The Morgan fingerprint density at radius 2 is 0.741 bits per heavy atom. The summed E-state index contributed by atoms with van der Waals surface area (Å²) >= 11 is 0. The molecular weight excluding hydrogens is 649 g/mol. The average Bonchev–Trinajstić information content (AvgIpc) is 3.18. The van der Waals surface area contributed by atoms with Crippen molar-refractivity contribution in [3.8, 4) is 11.1 Å². The number of hydrogen-bond donors (Lipinski definition) is 0. The Kier molecular flexibility index (Phi) is 7.49. The molecule has 0 atom stereocenters. The quantitative estimate of drug-likeness (QED) is 0.0804. The zero-order valence-electron chi connectivity index (χ0n) is 30.5. The first-order valence-electron chi connectivity index (χ1n) is 19.0. The van der Waals surface area contributed by atoms with Gasteiger partial charge in [-0.3, -0.25) is 0 Å². The fraction of sp³-hybridized carbons (Fsp3) is 0.0741. The highest BCUT2D eigenvalue weighted by molar-refractivity contribution is 6.44. The first-order chi connectivity index (χ1) is 26.6. The Hall–Kier alpha value is -6.50. The minimum atomic E-state index is 0.822. The van der Waals surface area contributed by atoms with Gasteiger partial charge in [0.15, 0.2) is 0 Å². The van der Waals surface area contributed by atoms with E-state index < -0.39 is 0 Å². The lowest BCUT2D eigenvalue weighted by Gasteiger charge is -2.23. The van der Waals surface area contributed by atoms with Crippen LogP contribution < -0.4 is 0 Å². The van der Waals surface area contributed by atoms with Crippen molar-refractivity contribution < 1.29 is 0 Å². The molecule has 0 nitrogen and oxygen atoms in total. The molecule has 10 aromatic rings. The van der Waals surface area contributed by atoms with Gasteiger partial charge in [-0.05, 0) is 157 Å². The molecule has 0 radical (unpaired) electrons. The lowest BCUT2D eigenvalue weighted by molar-refractivity contribution is 1.29. The SMILES string of the molecule is C=CCc1ccc2c(-c3c4ccccc4c4c5c3cccc5c3cc(CC=C)cc5cc6cc(CC=C)ccc6c4c53)c3ccc(CC=C)cc3cc2c1. The second-order valence-corrected chi connectivity index (χ2v) is 14.9. The maximum absolute atomic E-state index is 4.12. The first-order valence-corrected chi connectivity index (χ1v) is 19.0. The van der Waals surface area contributed by atoms with Gasteiger partial charge >= 0.3 is 0 Å². The van der Waals surface area contributed by atoms with Gasteiger partial charge in [-0.2, -0.15) is 0 Å². The maximum atomic E-state index is 4.12. The predicted octanol–water partition coefficient (Wildman–Crippen LogP) is 14.9. The predicted molar refractivity (Wildman–Crippen MR) is 239 cm³/mol. The molecule has 0 aliphatic rings. The zero-order chi connectivity index (χ0) is 36.5. The highest BCUT2D eigenvalue weighted by atomic mass is 14.3. The second-order valence-electron chi connectivity index (χ2n) is 14.9. The molecule has 10 aromatic carbocycles. The lowest BCUT2D eigenvalue weighted by atomic mass is 9.80. The Labute approximate surface area is 316 Å². The van der Waals surface area contributed by atoms with Crippen LogP contribution in [-0.2, 0) is 25.7 Å². The summed E-state index contributed by atoms with van der Waals surface area (Å²) in [6.45, 7) is 16.2. The van der Waals surface area contributed by atoms with Gasteiger partial charge in [0.1, 0.15) is 0 Å².